The molecule has 3 aromatic carbocycles. The predicted octanol–water partition coefficient (Wildman–Crippen LogP) is 4.64. The molecule has 2 atom stereocenters. The maximum atomic E-state index is 13.5. The van der Waals surface area contributed by atoms with Gasteiger partial charge in [-0.25, -0.2) is 13.2 Å². The van der Waals surface area contributed by atoms with Crippen LogP contribution in [-0.2, 0) is 26.0 Å². The molecule has 8 heteroatoms. The number of nitrogens with zero attached hydrogens (tertiary/aromatic N) is 2. The zero-order valence-electron chi connectivity index (χ0n) is 20.6. The van der Waals surface area contributed by atoms with Crippen molar-refractivity contribution in [1.82, 2.24) is 4.41 Å². The van der Waals surface area contributed by atoms with E-state index >= 15 is 0 Å². The molecule has 2 unspecified atom stereocenters. The molecular formula is C28H30N2O5S. The first-order valence-electron chi connectivity index (χ1n) is 11.7. The molecule has 0 radical (unpaired) electrons. The predicted molar refractivity (Wildman–Crippen MR) is 140 cm³/mol. The first-order valence-corrected chi connectivity index (χ1v) is 13.4. The number of aryl methyl sites for hydroxylation is 1. The summed E-state index contributed by atoms with van der Waals surface area (Å²) >= 11 is 0. The molecule has 0 aliphatic carbocycles. The van der Waals surface area contributed by atoms with Crippen molar-refractivity contribution in [3.63, 3.8) is 0 Å². The molecule has 1 aliphatic rings. The smallest absolute Gasteiger partial charge is 0.332 e. The fourth-order valence-corrected chi connectivity index (χ4v) is 5.98. The van der Waals surface area contributed by atoms with Gasteiger partial charge in [-0.1, -0.05) is 66.7 Å². The molecule has 0 amide bonds. The Morgan fingerprint density at radius 3 is 2.14 bits per heavy atom. The third kappa shape index (κ3) is 5.60. The van der Waals surface area contributed by atoms with E-state index < -0.39 is 22.0 Å². The van der Waals surface area contributed by atoms with Crippen molar-refractivity contribution in [2.75, 3.05) is 20.0 Å². The molecule has 0 aromatic heterocycles. The van der Waals surface area contributed by atoms with Crippen LogP contribution in [0, 0.1) is 0 Å². The van der Waals surface area contributed by atoms with Gasteiger partial charge < -0.3 is 9.47 Å². The average Bonchev–Trinajstić information content (AvgIpc) is 2.92. The van der Waals surface area contributed by atoms with Crippen LogP contribution in [0.1, 0.15) is 30.4 Å². The lowest BCUT2D eigenvalue weighted by Gasteiger charge is -2.36. The number of benzene rings is 3. The molecule has 3 aromatic rings. The van der Waals surface area contributed by atoms with Crippen molar-refractivity contribution in [3.8, 4) is 16.9 Å². The number of carbonyl (C=O) groups excluding carboxylic acids is 1. The normalized spacial score (nSPS) is 17.9. The molecular weight excluding hydrogens is 476 g/mol. The highest BCUT2D eigenvalue weighted by atomic mass is 32.2. The Hall–Kier alpha value is -3.65. The quantitative estimate of drug-likeness (QED) is 0.416. The Kier molecular flexibility index (Phi) is 7.74. The second-order valence-corrected chi connectivity index (χ2v) is 10.7. The van der Waals surface area contributed by atoms with Gasteiger partial charge >= 0.3 is 5.97 Å². The topological polar surface area (TPSA) is 85.3 Å². The summed E-state index contributed by atoms with van der Waals surface area (Å²) in [6.45, 7) is 1.78. The van der Waals surface area contributed by atoms with E-state index in [0.717, 1.165) is 32.4 Å². The number of esters is 1. The highest BCUT2D eigenvalue weighted by Crippen LogP contribution is 2.34. The summed E-state index contributed by atoms with van der Waals surface area (Å²) < 4.78 is 38.1. The van der Waals surface area contributed by atoms with Crippen molar-refractivity contribution in [3.05, 3.63) is 90.0 Å². The van der Waals surface area contributed by atoms with Crippen LogP contribution >= 0.6 is 0 Å². The fraction of sp³-hybridized carbons (Fsp3) is 0.286. The summed E-state index contributed by atoms with van der Waals surface area (Å²) in [7, 11) is -1.00. The van der Waals surface area contributed by atoms with Crippen LogP contribution in [0.25, 0.3) is 11.1 Å². The minimum atomic E-state index is -3.90. The van der Waals surface area contributed by atoms with Gasteiger partial charge in [0.05, 0.1) is 20.0 Å². The average molecular weight is 507 g/mol. The SMILES string of the molecule is COC(=O)C1C(c2ccccc2)CC(C)=NN1S(=O)(=O)CCc1ccc(-c2ccc(OC)cc2)cc1. The number of hydrazone groups is 1. The maximum absolute atomic E-state index is 13.5. The summed E-state index contributed by atoms with van der Waals surface area (Å²) in [6, 6.07) is 23.9. The number of methoxy groups -OCH3 is 2. The largest absolute Gasteiger partial charge is 0.497 e. The van der Waals surface area contributed by atoms with Crippen LogP contribution in [0.2, 0.25) is 0 Å². The van der Waals surface area contributed by atoms with Gasteiger partial charge in [-0.2, -0.15) is 9.52 Å². The molecule has 188 valence electrons. The summed E-state index contributed by atoms with van der Waals surface area (Å²) in [6.07, 6.45) is 0.767. The van der Waals surface area contributed by atoms with Crippen LogP contribution < -0.4 is 4.74 Å². The van der Waals surface area contributed by atoms with E-state index in [1.165, 1.54) is 7.11 Å². The Labute approximate surface area is 212 Å². The third-order valence-corrected chi connectivity index (χ3v) is 7.98. The van der Waals surface area contributed by atoms with E-state index in [1.807, 2.05) is 78.9 Å². The van der Waals surface area contributed by atoms with Gasteiger partial charge in [0, 0.05) is 11.6 Å². The molecule has 4 rings (SSSR count). The highest BCUT2D eigenvalue weighted by Gasteiger charge is 2.44. The van der Waals surface area contributed by atoms with Crippen LogP contribution in [0.4, 0.5) is 0 Å². The minimum Gasteiger partial charge on any atom is -0.497 e. The monoisotopic (exact) mass is 506 g/mol. The number of sulfonamides is 1. The summed E-state index contributed by atoms with van der Waals surface area (Å²) in [5, 5.41) is 4.31. The Morgan fingerprint density at radius 2 is 1.56 bits per heavy atom. The number of carbonyl (C=O) groups is 1. The van der Waals surface area contributed by atoms with Crippen molar-refractivity contribution < 1.29 is 22.7 Å². The molecule has 36 heavy (non-hydrogen) atoms. The van der Waals surface area contributed by atoms with Crippen LogP contribution in [0.5, 0.6) is 5.75 Å². The van der Waals surface area contributed by atoms with Gasteiger partial charge in [0.25, 0.3) is 10.0 Å². The molecule has 0 N–H and O–H groups in total. The van der Waals surface area contributed by atoms with E-state index in [1.54, 1.807) is 14.0 Å². The lowest BCUT2D eigenvalue weighted by molar-refractivity contribution is -0.146. The lowest BCUT2D eigenvalue weighted by atomic mass is 9.86. The second kappa shape index (κ2) is 11.0. The fourth-order valence-electron chi connectivity index (χ4n) is 4.45. The molecule has 0 spiro atoms. The van der Waals surface area contributed by atoms with E-state index in [2.05, 4.69) is 5.10 Å². The van der Waals surface area contributed by atoms with Crippen LogP contribution in [-0.4, -0.2) is 50.5 Å². The standard InChI is InChI=1S/C28H30N2O5S/c1-20-19-26(24-7-5-4-6-8-24)27(28(31)35-3)30(29-20)36(32,33)18-17-21-9-11-22(12-10-21)23-13-15-25(34-2)16-14-23/h4-16,26-27H,17-19H2,1-3H3. The Balaban J connectivity index is 1.53. The van der Waals surface area contributed by atoms with Crippen LogP contribution in [0.3, 0.4) is 0 Å². The number of ether oxygens (including phenoxy) is 2. The molecule has 0 saturated heterocycles. The number of hydrogen-bond acceptors (Lipinski definition) is 6. The Bertz CT molecular complexity index is 1320. The van der Waals surface area contributed by atoms with E-state index in [4.69, 9.17) is 9.47 Å². The van der Waals surface area contributed by atoms with Crippen molar-refractivity contribution in [1.29, 1.82) is 0 Å². The zero-order chi connectivity index (χ0) is 25.7. The molecule has 1 aliphatic heterocycles. The third-order valence-electron chi connectivity index (χ3n) is 6.39. The molecule has 0 fully saturated rings. The van der Waals surface area contributed by atoms with Gasteiger partial charge in [-0.05, 0) is 54.2 Å². The van der Waals surface area contributed by atoms with E-state index in [9.17, 15) is 13.2 Å². The van der Waals surface area contributed by atoms with Gasteiger partial charge in [-0.3, -0.25) is 0 Å². The van der Waals surface area contributed by atoms with E-state index in [0.29, 0.717) is 18.6 Å². The molecule has 1 heterocycles. The summed E-state index contributed by atoms with van der Waals surface area (Å²) in [5.74, 6) is -0.390. The first kappa shape index (κ1) is 25.4. The van der Waals surface area contributed by atoms with Gasteiger partial charge in [-0.15, -0.1) is 0 Å². The Morgan fingerprint density at radius 1 is 0.944 bits per heavy atom. The molecule has 7 nitrogen and oxygen atoms in total. The van der Waals surface area contributed by atoms with Gasteiger partial charge in [0.1, 0.15) is 5.75 Å². The first-order chi connectivity index (χ1) is 17.3. The van der Waals surface area contributed by atoms with Crippen molar-refractivity contribution >= 4 is 21.7 Å². The van der Waals surface area contributed by atoms with Crippen molar-refractivity contribution in [2.24, 2.45) is 5.10 Å². The summed E-state index contributed by atoms with van der Waals surface area (Å²) in [5.41, 5.74) is 4.47. The maximum Gasteiger partial charge on any atom is 0.332 e. The second-order valence-electron chi connectivity index (χ2n) is 8.79. The molecule has 0 bridgehead atoms. The van der Waals surface area contributed by atoms with Gasteiger partial charge in [0.15, 0.2) is 6.04 Å². The molecule has 0 saturated carbocycles. The van der Waals surface area contributed by atoms with Gasteiger partial charge in [0.2, 0.25) is 0 Å². The van der Waals surface area contributed by atoms with Crippen LogP contribution in [0.15, 0.2) is 84.0 Å². The lowest BCUT2D eigenvalue weighted by Crippen LogP contribution is -2.50. The zero-order valence-corrected chi connectivity index (χ0v) is 21.4. The minimum absolute atomic E-state index is 0.180. The van der Waals surface area contributed by atoms with E-state index in [-0.39, 0.29) is 11.7 Å². The number of hydrogen-bond donors (Lipinski definition) is 0. The highest BCUT2D eigenvalue weighted by molar-refractivity contribution is 7.89. The summed E-state index contributed by atoms with van der Waals surface area (Å²) in [4.78, 5) is 12.8. The van der Waals surface area contributed by atoms with Crippen molar-refractivity contribution in [2.45, 2.75) is 31.7 Å². The number of rotatable bonds is 8.